The summed E-state index contributed by atoms with van der Waals surface area (Å²) in [7, 11) is 4.89. The van der Waals surface area contributed by atoms with E-state index in [4.69, 9.17) is 21.1 Å². The third-order valence-electron chi connectivity index (χ3n) is 3.84. The third-order valence-corrected chi connectivity index (χ3v) is 5.23. The topological polar surface area (TPSA) is 67.9 Å². The first-order chi connectivity index (χ1) is 14.3. The summed E-state index contributed by atoms with van der Waals surface area (Å²) >= 11 is 7.36. The monoisotopic (exact) mass is 448 g/mol. The van der Waals surface area contributed by atoms with Crippen LogP contribution in [0.4, 0.5) is 10.5 Å². The van der Waals surface area contributed by atoms with Gasteiger partial charge < -0.3 is 19.7 Å². The molecule has 0 aromatic heterocycles. The molecule has 6 nitrogen and oxygen atoms in total. The van der Waals surface area contributed by atoms with Crippen LogP contribution in [0.15, 0.2) is 47.4 Å². The Hall–Kier alpha value is -2.64. The number of hydrogen-bond donors (Lipinski definition) is 1. The highest BCUT2D eigenvalue weighted by Gasteiger charge is 2.13. The lowest BCUT2D eigenvalue weighted by molar-refractivity contribution is -0.111. The van der Waals surface area contributed by atoms with Crippen molar-refractivity contribution in [2.45, 2.75) is 18.2 Å². The van der Waals surface area contributed by atoms with Gasteiger partial charge >= 0.3 is 0 Å². The summed E-state index contributed by atoms with van der Waals surface area (Å²) < 4.78 is 11.0. The van der Waals surface area contributed by atoms with E-state index in [0.29, 0.717) is 39.3 Å². The van der Waals surface area contributed by atoms with Gasteiger partial charge in [0.15, 0.2) is 11.5 Å². The van der Waals surface area contributed by atoms with Gasteiger partial charge in [0.25, 0.3) is 5.24 Å². The normalized spacial score (nSPS) is 10.7. The fourth-order valence-electron chi connectivity index (χ4n) is 2.37. The highest BCUT2D eigenvalue weighted by atomic mass is 35.5. The summed E-state index contributed by atoms with van der Waals surface area (Å²) in [5.41, 5.74) is 1.26. The number of halogens is 1. The molecule has 0 fully saturated rings. The number of carbonyl (C=O) groups is 2. The van der Waals surface area contributed by atoms with E-state index in [2.05, 4.69) is 5.32 Å². The van der Waals surface area contributed by atoms with E-state index in [1.54, 1.807) is 50.5 Å². The van der Waals surface area contributed by atoms with Crippen molar-refractivity contribution < 1.29 is 19.1 Å². The minimum absolute atomic E-state index is 0.126. The number of thioether (sulfide) groups is 1. The second kappa shape index (κ2) is 11.5. The van der Waals surface area contributed by atoms with Crippen molar-refractivity contribution in [2.24, 2.45) is 0 Å². The number of rotatable bonds is 8. The molecule has 0 saturated heterocycles. The molecule has 0 aliphatic rings. The Bertz CT molecular complexity index is 931. The van der Waals surface area contributed by atoms with E-state index in [9.17, 15) is 9.59 Å². The zero-order valence-electron chi connectivity index (χ0n) is 17.4. The second-order valence-corrected chi connectivity index (χ2v) is 7.86. The predicted octanol–water partition coefficient (Wildman–Crippen LogP) is 5.56. The van der Waals surface area contributed by atoms with Crippen LogP contribution >= 0.6 is 23.4 Å². The maximum absolute atomic E-state index is 12.4. The van der Waals surface area contributed by atoms with Crippen molar-refractivity contribution in [3.8, 4) is 11.5 Å². The Labute approximate surface area is 186 Å². The summed E-state index contributed by atoms with van der Waals surface area (Å²) in [6.45, 7) is 2.53. The molecule has 2 aromatic carbocycles. The van der Waals surface area contributed by atoms with Crippen LogP contribution in [0.1, 0.15) is 18.9 Å². The van der Waals surface area contributed by atoms with E-state index >= 15 is 0 Å². The number of nitrogens with zero attached hydrogens (tertiary/aromatic N) is 1. The summed E-state index contributed by atoms with van der Waals surface area (Å²) in [5, 5.41) is 3.08. The lowest BCUT2D eigenvalue weighted by Gasteiger charge is -2.13. The minimum Gasteiger partial charge on any atom is -0.493 e. The third kappa shape index (κ3) is 6.71. The Kier molecular flexibility index (Phi) is 9.08. The lowest BCUT2D eigenvalue weighted by Crippen LogP contribution is -2.16. The fourth-order valence-corrected chi connectivity index (χ4v) is 3.39. The zero-order chi connectivity index (χ0) is 22.1. The van der Waals surface area contributed by atoms with Gasteiger partial charge in [-0.15, -0.1) is 0 Å². The van der Waals surface area contributed by atoms with Gasteiger partial charge in [0.2, 0.25) is 5.91 Å². The maximum atomic E-state index is 12.4. The van der Waals surface area contributed by atoms with Crippen molar-refractivity contribution in [1.82, 2.24) is 4.90 Å². The Morgan fingerprint density at radius 3 is 2.63 bits per heavy atom. The van der Waals surface area contributed by atoms with Gasteiger partial charge in [0.1, 0.15) is 0 Å². The molecule has 0 radical (unpaired) electrons. The van der Waals surface area contributed by atoms with Crippen LogP contribution in [0.2, 0.25) is 5.02 Å². The molecule has 2 rings (SSSR count). The fraction of sp³-hybridized carbons (Fsp3) is 0.273. The summed E-state index contributed by atoms with van der Waals surface area (Å²) in [6, 6.07) is 10.6. The number of para-hydroxylation sites is 1. The lowest BCUT2D eigenvalue weighted by atomic mass is 10.2. The van der Waals surface area contributed by atoms with Crippen LogP contribution in [0.25, 0.3) is 6.08 Å². The molecular weight excluding hydrogens is 424 g/mol. The number of ether oxygens (including phenoxy) is 2. The average molecular weight is 449 g/mol. The zero-order valence-corrected chi connectivity index (χ0v) is 19.0. The number of anilines is 1. The molecule has 0 bridgehead atoms. The Balaban J connectivity index is 2.14. The molecule has 8 heteroatoms. The first-order valence-corrected chi connectivity index (χ1v) is 10.5. The van der Waals surface area contributed by atoms with E-state index in [1.807, 2.05) is 13.0 Å². The van der Waals surface area contributed by atoms with E-state index in [1.165, 1.54) is 18.1 Å². The maximum Gasteiger partial charge on any atom is 0.286 e. The second-order valence-electron chi connectivity index (χ2n) is 6.46. The van der Waals surface area contributed by atoms with Gasteiger partial charge in [0.05, 0.1) is 24.4 Å². The molecular formula is C22H25ClN2O4S. The largest absolute Gasteiger partial charge is 0.493 e. The van der Waals surface area contributed by atoms with Gasteiger partial charge in [-0.3, -0.25) is 9.59 Å². The van der Waals surface area contributed by atoms with Crippen LogP contribution in [0.5, 0.6) is 11.5 Å². The van der Waals surface area contributed by atoms with E-state index in [-0.39, 0.29) is 11.1 Å². The molecule has 2 aromatic rings. The summed E-state index contributed by atoms with van der Waals surface area (Å²) in [4.78, 5) is 26.5. The van der Waals surface area contributed by atoms with Gasteiger partial charge in [-0.25, -0.2) is 0 Å². The SMILES string of the molecule is CCCOc1c(Cl)cc(/C=C/C(=O)Nc2ccccc2SC(=O)N(C)C)cc1OC. The van der Waals surface area contributed by atoms with Crippen molar-refractivity contribution >= 4 is 46.3 Å². The number of amides is 2. The standard InChI is InChI=1S/C22H25ClN2O4S/c1-5-12-29-21-16(23)13-15(14-18(21)28-4)10-11-20(26)24-17-8-6-7-9-19(17)30-22(27)25(2)3/h6-11,13-14H,5,12H2,1-4H3,(H,24,26)/b11-10+. The molecule has 0 saturated carbocycles. The van der Waals surface area contributed by atoms with Crippen LogP contribution in [0, 0.1) is 0 Å². The number of hydrogen-bond acceptors (Lipinski definition) is 5. The van der Waals surface area contributed by atoms with Crippen LogP contribution in [0.3, 0.4) is 0 Å². The minimum atomic E-state index is -0.332. The van der Waals surface area contributed by atoms with E-state index in [0.717, 1.165) is 18.2 Å². The first-order valence-electron chi connectivity index (χ1n) is 9.33. The smallest absolute Gasteiger partial charge is 0.286 e. The summed E-state index contributed by atoms with van der Waals surface area (Å²) in [6.07, 6.45) is 3.88. The Morgan fingerprint density at radius 1 is 1.23 bits per heavy atom. The van der Waals surface area contributed by atoms with Crippen molar-refractivity contribution in [3.05, 3.63) is 53.1 Å². The molecule has 0 heterocycles. The number of benzene rings is 2. The highest BCUT2D eigenvalue weighted by Crippen LogP contribution is 2.37. The molecule has 0 atom stereocenters. The summed E-state index contributed by atoms with van der Waals surface area (Å²) in [5.74, 6) is 0.654. The number of methoxy groups -OCH3 is 1. The molecule has 0 aliphatic heterocycles. The van der Waals surface area contributed by atoms with Gasteiger partial charge in [-0.1, -0.05) is 30.7 Å². The molecule has 0 unspecified atom stereocenters. The van der Waals surface area contributed by atoms with Gasteiger partial charge in [-0.05, 0) is 54.1 Å². The average Bonchev–Trinajstić information content (AvgIpc) is 2.72. The van der Waals surface area contributed by atoms with Gasteiger partial charge in [0, 0.05) is 25.1 Å². The van der Waals surface area contributed by atoms with Gasteiger partial charge in [-0.2, -0.15) is 0 Å². The van der Waals surface area contributed by atoms with Crippen LogP contribution in [-0.2, 0) is 4.79 Å². The number of carbonyl (C=O) groups excluding carboxylic acids is 2. The molecule has 2 amide bonds. The molecule has 0 spiro atoms. The predicted molar refractivity (Wildman–Crippen MR) is 123 cm³/mol. The van der Waals surface area contributed by atoms with E-state index < -0.39 is 0 Å². The molecule has 160 valence electrons. The quantitative estimate of drug-likeness (QED) is 0.422. The molecule has 30 heavy (non-hydrogen) atoms. The van der Waals surface area contributed by atoms with Crippen LogP contribution < -0.4 is 14.8 Å². The number of nitrogens with one attached hydrogen (secondary N) is 1. The molecule has 0 aliphatic carbocycles. The van der Waals surface area contributed by atoms with Crippen molar-refractivity contribution in [2.75, 3.05) is 33.1 Å². The van der Waals surface area contributed by atoms with Crippen molar-refractivity contribution in [3.63, 3.8) is 0 Å². The van der Waals surface area contributed by atoms with Crippen LogP contribution in [-0.4, -0.2) is 43.9 Å². The first kappa shape index (κ1) is 23.6. The Morgan fingerprint density at radius 2 is 1.97 bits per heavy atom. The molecule has 1 N–H and O–H groups in total. The van der Waals surface area contributed by atoms with Crippen molar-refractivity contribution in [1.29, 1.82) is 0 Å². The highest BCUT2D eigenvalue weighted by molar-refractivity contribution is 8.13.